The van der Waals surface area contributed by atoms with E-state index in [-0.39, 0.29) is 10.9 Å². The maximum absolute atomic E-state index is 13.3. The Morgan fingerprint density at radius 3 is 2.67 bits per heavy atom. The number of anilines is 1. The predicted octanol–water partition coefficient (Wildman–Crippen LogP) is 5.85. The molecule has 0 saturated heterocycles. The summed E-state index contributed by atoms with van der Waals surface area (Å²) in [6.07, 6.45) is 0. The number of aromatic nitrogens is 1. The van der Waals surface area contributed by atoms with Crippen LogP contribution in [0.5, 0.6) is 0 Å². The number of halogens is 2. The Balaban J connectivity index is 1.79. The van der Waals surface area contributed by atoms with Crippen LogP contribution in [0.3, 0.4) is 0 Å². The number of fused-ring (bicyclic) bond motifs is 1. The second kappa shape index (κ2) is 6.85. The Morgan fingerprint density at radius 1 is 1.11 bits per heavy atom. The van der Waals surface area contributed by atoms with Gasteiger partial charge in [0.1, 0.15) is 17.3 Å². The molecule has 0 unspecified atom stereocenters. The molecule has 0 aliphatic heterocycles. The molecule has 0 radical (unpaired) electrons. The van der Waals surface area contributed by atoms with Gasteiger partial charge in [0.2, 0.25) is 0 Å². The second-order valence-electron chi connectivity index (χ2n) is 6.07. The first-order valence-corrected chi connectivity index (χ1v) is 8.62. The van der Waals surface area contributed by atoms with Crippen molar-refractivity contribution in [2.24, 2.45) is 0 Å². The molecular formula is C21H14ClFN2O2. The Labute approximate surface area is 159 Å². The van der Waals surface area contributed by atoms with E-state index >= 15 is 0 Å². The third-order valence-corrected chi connectivity index (χ3v) is 4.42. The maximum atomic E-state index is 13.3. The van der Waals surface area contributed by atoms with E-state index in [1.165, 1.54) is 18.2 Å². The van der Waals surface area contributed by atoms with Crippen LogP contribution in [-0.4, -0.2) is 10.9 Å². The van der Waals surface area contributed by atoms with E-state index in [0.717, 1.165) is 5.76 Å². The summed E-state index contributed by atoms with van der Waals surface area (Å²) in [6.45, 7) is 1.84. The molecule has 0 bridgehead atoms. The number of rotatable bonds is 3. The SMILES string of the molecule is Cc1ccc(-c2cc(C(=O)Nc3ccc(F)c(Cl)c3)c3ccccc3n2)o1. The van der Waals surface area contributed by atoms with Crippen LogP contribution in [0, 0.1) is 12.7 Å². The van der Waals surface area contributed by atoms with E-state index in [4.69, 9.17) is 16.0 Å². The van der Waals surface area contributed by atoms with Gasteiger partial charge in [-0.2, -0.15) is 0 Å². The Bertz CT molecular complexity index is 1170. The molecule has 1 N–H and O–H groups in total. The molecule has 0 aliphatic carbocycles. The number of aryl methyl sites for hydroxylation is 1. The van der Waals surface area contributed by atoms with Crippen molar-refractivity contribution in [2.45, 2.75) is 6.92 Å². The van der Waals surface area contributed by atoms with Crippen molar-refractivity contribution in [3.63, 3.8) is 0 Å². The number of para-hydroxylation sites is 1. The first-order chi connectivity index (χ1) is 13.0. The number of benzene rings is 2. The molecule has 134 valence electrons. The molecular weight excluding hydrogens is 367 g/mol. The van der Waals surface area contributed by atoms with Crippen LogP contribution < -0.4 is 5.32 Å². The third-order valence-electron chi connectivity index (χ3n) is 4.13. The molecule has 1 amide bonds. The number of nitrogens with one attached hydrogen (secondary N) is 1. The van der Waals surface area contributed by atoms with Gasteiger partial charge in [-0.3, -0.25) is 4.79 Å². The molecule has 2 heterocycles. The minimum Gasteiger partial charge on any atom is -0.460 e. The Hall–Kier alpha value is -3.18. The van der Waals surface area contributed by atoms with Crippen LogP contribution in [0.1, 0.15) is 16.1 Å². The minimum absolute atomic E-state index is 0.0564. The highest BCUT2D eigenvalue weighted by molar-refractivity contribution is 6.31. The molecule has 0 fully saturated rings. The fourth-order valence-electron chi connectivity index (χ4n) is 2.83. The summed E-state index contributed by atoms with van der Waals surface area (Å²) in [6, 6.07) is 16.7. The van der Waals surface area contributed by atoms with Crippen LogP contribution in [0.15, 0.2) is 65.1 Å². The first kappa shape index (κ1) is 17.2. The van der Waals surface area contributed by atoms with Gasteiger partial charge in [0.25, 0.3) is 5.91 Å². The summed E-state index contributed by atoms with van der Waals surface area (Å²) in [7, 11) is 0. The molecule has 2 aromatic carbocycles. The molecule has 6 heteroatoms. The maximum Gasteiger partial charge on any atom is 0.256 e. The lowest BCUT2D eigenvalue weighted by Gasteiger charge is -2.10. The highest BCUT2D eigenvalue weighted by atomic mass is 35.5. The Morgan fingerprint density at radius 2 is 1.93 bits per heavy atom. The van der Waals surface area contributed by atoms with Crippen LogP contribution >= 0.6 is 11.6 Å². The van der Waals surface area contributed by atoms with Gasteiger partial charge in [0.15, 0.2) is 5.76 Å². The first-order valence-electron chi connectivity index (χ1n) is 8.24. The van der Waals surface area contributed by atoms with E-state index in [1.807, 2.05) is 43.3 Å². The number of carbonyl (C=O) groups excluding carboxylic acids is 1. The highest BCUT2D eigenvalue weighted by Gasteiger charge is 2.16. The smallest absolute Gasteiger partial charge is 0.256 e. The third kappa shape index (κ3) is 3.41. The van der Waals surface area contributed by atoms with Gasteiger partial charge in [-0.05, 0) is 49.4 Å². The second-order valence-corrected chi connectivity index (χ2v) is 6.47. The fourth-order valence-corrected chi connectivity index (χ4v) is 3.01. The molecule has 4 nitrogen and oxygen atoms in total. The summed E-state index contributed by atoms with van der Waals surface area (Å²) < 4.78 is 19.0. The van der Waals surface area contributed by atoms with Crippen molar-refractivity contribution in [3.05, 3.63) is 82.8 Å². The topological polar surface area (TPSA) is 55.1 Å². The van der Waals surface area contributed by atoms with E-state index in [9.17, 15) is 9.18 Å². The van der Waals surface area contributed by atoms with Crippen LogP contribution in [0.25, 0.3) is 22.4 Å². The van der Waals surface area contributed by atoms with Crippen molar-refractivity contribution in [1.29, 1.82) is 0 Å². The van der Waals surface area contributed by atoms with Gasteiger partial charge in [-0.15, -0.1) is 0 Å². The number of hydrogen-bond donors (Lipinski definition) is 1. The monoisotopic (exact) mass is 380 g/mol. The van der Waals surface area contributed by atoms with Crippen molar-refractivity contribution >= 4 is 34.1 Å². The van der Waals surface area contributed by atoms with Gasteiger partial charge in [0, 0.05) is 11.1 Å². The molecule has 0 aliphatic rings. The summed E-state index contributed by atoms with van der Waals surface area (Å²) in [5.74, 6) is 0.448. The van der Waals surface area contributed by atoms with Crippen LogP contribution in [0.4, 0.5) is 10.1 Å². The van der Waals surface area contributed by atoms with Crippen molar-refractivity contribution in [2.75, 3.05) is 5.32 Å². The van der Waals surface area contributed by atoms with E-state index in [1.54, 1.807) is 6.07 Å². The number of nitrogens with zero attached hydrogens (tertiary/aromatic N) is 1. The van der Waals surface area contributed by atoms with E-state index in [2.05, 4.69) is 10.3 Å². The van der Waals surface area contributed by atoms with Crippen molar-refractivity contribution < 1.29 is 13.6 Å². The zero-order valence-electron chi connectivity index (χ0n) is 14.3. The minimum atomic E-state index is -0.542. The number of amides is 1. The molecule has 0 spiro atoms. The summed E-state index contributed by atoms with van der Waals surface area (Å²) in [5, 5.41) is 3.40. The summed E-state index contributed by atoms with van der Waals surface area (Å²) in [5.41, 5.74) is 2.07. The van der Waals surface area contributed by atoms with Crippen LogP contribution in [0.2, 0.25) is 5.02 Å². The number of hydrogen-bond acceptors (Lipinski definition) is 3. The van der Waals surface area contributed by atoms with Gasteiger partial charge >= 0.3 is 0 Å². The standard InChI is InChI=1S/C21H14ClFN2O2/c1-12-6-9-20(27-12)19-11-15(14-4-2-3-5-18(14)25-19)21(26)24-13-7-8-17(23)16(22)10-13/h2-11H,1H3,(H,24,26). The molecule has 4 aromatic rings. The molecule has 0 atom stereocenters. The number of furan rings is 1. The largest absolute Gasteiger partial charge is 0.460 e. The van der Waals surface area contributed by atoms with Gasteiger partial charge < -0.3 is 9.73 Å². The average Bonchev–Trinajstić information content (AvgIpc) is 3.10. The molecule has 0 saturated carbocycles. The lowest BCUT2D eigenvalue weighted by atomic mass is 10.1. The average molecular weight is 381 g/mol. The quantitative estimate of drug-likeness (QED) is 0.485. The normalized spacial score (nSPS) is 10.9. The van der Waals surface area contributed by atoms with E-state index in [0.29, 0.717) is 33.6 Å². The molecule has 2 aromatic heterocycles. The van der Waals surface area contributed by atoms with Crippen molar-refractivity contribution in [3.8, 4) is 11.5 Å². The lowest BCUT2D eigenvalue weighted by molar-refractivity contribution is 0.102. The van der Waals surface area contributed by atoms with E-state index < -0.39 is 5.82 Å². The molecule has 4 rings (SSSR count). The number of carbonyl (C=O) groups is 1. The number of pyridine rings is 1. The zero-order chi connectivity index (χ0) is 19.0. The van der Waals surface area contributed by atoms with Gasteiger partial charge in [-0.1, -0.05) is 29.8 Å². The zero-order valence-corrected chi connectivity index (χ0v) is 15.0. The van der Waals surface area contributed by atoms with Crippen molar-refractivity contribution in [1.82, 2.24) is 4.98 Å². The molecule has 27 heavy (non-hydrogen) atoms. The van der Waals surface area contributed by atoms with Crippen LogP contribution in [-0.2, 0) is 0 Å². The Kier molecular flexibility index (Phi) is 4.38. The predicted molar refractivity (Wildman–Crippen MR) is 104 cm³/mol. The summed E-state index contributed by atoms with van der Waals surface area (Å²) >= 11 is 5.80. The lowest BCUT2D eigenvalue weighted by Crippen LogP contribution is -2.13. The fraction of sp³-hybridized carbons (Fsp3) is 0.0476. The highest BCUT2D eigenvalue weighted by Crippen LogP contribution is 2.27. The van der Waals surface area contributed by atoms with Gasteiger partial charge in [-0.25, -0.2) is 9.37 Å². The summed E-state index contributed by atoms with van der Waals surface area (Å²) in [4.78, 5) is 17.5. The van der Waals surface area contributed by atoms with Gasteiger partial charge in [0.05, 0.1) is 16.1 Å².